The molecule has 0 bridgehead atoms. The van der Waals surface area contributed by atoms with Crippen molar-refractivity contribution < 1.29 is 9.53 Å². The number of carbonyl (C=O) groups excluding carboxylic acids is 1. The minimum absolute atomic E-state index is 0.0666. The van der Waals surface area contributed by atoms with Gasteiger partial charge in [-0.2, -0.15) is 0 Å². The second-order valence-electron chi connectivity index (χ2n) is 5.29. The number of thiazole rings is 1. The van der Waals surface area contributed by atoms with Crippen LogP contribution in [-0.2, 0) is 6.54 Å². The number of hydrogen-bond acceptors (Lipinski definition) is 5. The molecule has 2 aromatic heterocycles. The van der Waals surface area contributed by atoms with Crippen LogP contribution in [0, 0.1) is 0 Å². The third-order valence-electron chi connectivity index (χ3n) is 3.70. The average molecular weight is 393 g/mol. The summed E-state index contributed by atoms with van der Waals surface area (Å²) in [5.41, 5.74) is 1.44. The normalized spacial score (nSPS) is 10.7. The van der Waals surface area contributed by atoms with Crippen molar-refractivity contribution >= 4 is 40.2 Å². The molecule has 0 atom stereocenters. The number of ether oxygens (including phenoxy) is 1. The Morgan fingerprint density at radius 1 is 1.24 bits per heavy atom. The highest BCUT2D eigenvalue weighted by Crippen LogP contribution is 2.27. The van der Waals surface area contributed by atoms with Gasteiger partial charge in [0.1, 0.15) is 16.5 Å². The van der Waals surface area contributed by atoms with Crippen LogP contribution in [-0.4, -0.2) is 29.4 Å². The number of rotatable bonds is 6. The van der Waals surface area contributed by atoms with Crippen LogP contribution in [0.4, 0.5) is 0 Å². The molecule has 0 saturated carbocycles. The van der Waals surface area contributed by atoms with Crippen LogP contribution in [0.25, 0.3) is 10.6 Å². The van der Waals surface area contributed by atoms with Gasteiger partial charge in [0, 0.05) is 22.4 Å². The molecule has 0 saturated heterocycles. The topological polar surface area (TPSA) is 42.4 Å². The van der Waals surface area contributed by atoms with Crippen LogP contribution < -0.4 is 4.74 Å². The first kappa shape index (κ1) is 17.9. The minimum atomic E-state index is -0.0666. The number of carbonyl (C=O) groups is 1. The standard InChI is InChI=1S/C18H17ClN2O2S2/c1-3-21(10-14-8-9-16(19)25-14)18(22)15-11-24-17(20-15)12-4-6-13(23-2)7-5-12/h4-9,11H,3,10H2,1-2H3. The van der Waals surface area contributed by atoms with Crippen molar-refractivity contribution in [2.45, 2.75) is 13.5 Å². The smallest absolute Gasteiger partial charge is 0.273 e. The number of methoxy groups -OCH3 is 1. The monoisotopic (exact) mass is 392 g/mol. The predicted octanol–water partition coefficient (Wildman–Crippen LogP) is 5.20. The van der Waals surface area contributed by atoms with Crippen molar-refractivity contribution in [3.8, 4) is 16.3 Å². The van der Waals surface area contributed by atoms with E-state index in [1.807, 2.05) is 48.7 Å². The van der Waals surface area contributed by atoms with Gasteiger partial charge in [0.05, 0.1) is 18.0 Å². The van der Waals surface area contributed by atoms with E-state index >= 15 is 0 Å². The Labute approximate surface area is 159 Å². The molecule has 0 aliphatic carbocycles. The van der Waals surface area contributed by atoms with Gasteiger partial charge < -0.3 is 9.64 Å². The lowest BCUT2D eigenvalue weighted by molar-refractivity contribution is 0.0749. The van der Waals surface area contributed by atoms with Gasteiger partial charge in [-0.3, -0.25) is 4.79 Å². The van der Waals surface area contributed by atoms with Gasteiger partial charge >= 0.3 is 0 Å². The van der Waals surface area contributed by atoms with Crippen LogP contribution in [0.2, 0.25) is 4.34 Å². The molecule has 130 valence electrons. The summed E-state index contributed by atoms with van der Waals surface area (Å²) in [4.78, 5) is 20.1. The van der Waals surface area contributed by atoms with E-state index in [-0.39, 0.29) is 5.91 Å². The van der Waals surface area contributed by atoms with Gasteiger partial charge in [0.25, 0.3) is 5.91 Å². The molecule has 0 radical (unpaired) electrons. The summed E-state index contributed by atoms with van der Waals surface area (Å²) in [6.45, 7) is 3.12. The molecular formula is C18H17ClN2O2S2. The molecule has 25 heavy (non-hydrogen) atoms. The molecule has 0 N–H and O–H groups in total. The summed E-state index contributed by atoms with van der Waals surface area (Å²) in [6.07, 6.45) is 0. The molecule has 0 aliphatic rings. The lowest BCUT2D eigenvalue weighted by Crippen LogP contribution is -2.30. The molecule has 3 aromatic rings. The number of nitrogens with zero attached hydrogens (tertiary/aromatic N) is 2. The Bertz CT molecular complexity index is 858. The van der Waals surface area contributed by atoms with Crippen LogP contribution in [0.5, 0.6) is 5.75 Å². The Kier molecular flexibility index (Phi) is 5.73. The molecule has 7 heteroatoms. The van der Waals surface area contributed by atoms with Crippen molar-refractivity contribution in [1.82, 2.24) is 9.88 Å². The molecule has 1 amide bonds. The molecule has 2 heterocycles. The van der Waals surface area contributed by atoms with Crippen molar-refractivity contribution in [3.05, 3.63) is 56.7 Å². The zero-order valence-corrected chi connectivity index (χ0v) is 16.2. The predicted molar refractivity (Wildman–Crippen MR) is 104 cm³/mol. The Morgan fingerprint density at radius 2 is 2.00 bits per heavy atom. The van der Waals surface area contributed by atoms with E-state index < -0.39 is 0 Å². The van der Waals surface area contributed by atoms with Crippen molar-refractivity contribution in [3.63, 3.8) is 0 Å². The third-order valence-corrected chi connectivity index (χ3v) is 5.81. The number of thiophene rings is 1. The highest BCUT2D eigenvalue weighted by molar-refractivity contribution is 7.16. The van der Waals surface area contributed by atoms with Gasteiger partial charge in [-0.15, -0.1) is 22.7 Å². The molecule has 1 aromatic carbocycles. The number of benzene rings is 1. The summed E-state index contributed by atoms with van der Waals surface area (Å²) >= 11 is 8.93. The summed E-state index contributed by atoms with van der Waals surface area (Å²) in [6, 6.07) is 11.5. The average Bonchev–Trinajstić information content (AvgIpc) is 3.28. The van der Waals surface area contributed by atoms with Crippen LogP contribution >= 0.6 is 34.3 Å². The lowest BCUT2D eigenvalue weighted by Gasteiger charge is -2.18. The maximum Gasteiger partial charge on any atom is 0.273 e. The van der Waals surface area contributed by atoms with Crippen LogP contribution in [0.15, 0.2) is 41.8 Å². The fraction of sp³-hybridized carbons (Fsp3) is 0.222. The van der Waals surface area contributed by atoms with Crippen LogP contribution in [0.1, 0.15) is 22.3 Å². The largest absolute Gasteiger partial charge is 0.497 e. The van der Waals surface area contributed by atoms with Crippen molar-refractivity contribution in [2.24, 2.45) is 0 Å². The zero-order valence-electron chi connectivity index (χ0n) is 13.9. The molecule has 4 nitrogen and oxygen atoms in total. The molecule has 0 aliphatic heterocycles. The summed E-state index contributed by atoms with van der Waals surface area (Å²) < 4.78 is 5.90. The van der Waals surface area contributed by atoms with E-state index in [0.29, 0.717) is 18.8 Å². The van der Waals surface area contributed by atoms with E-state index in [9.17, 15) is 4.79 Å². The van der Waals surface area contributed by atoms with Gasteiger partial charge in [0.2, 0.25) is 0 Å². The van der Waals surface area contributed by atoms with Gasteiger partial charge in [0.15, 0.2) is 0 Å². The third kappa shape index (κ3) is 4.21. The first-order valence-corrected chi connectivity index (χ1v) is 9.81. The van der Waals surface area contributed by atoms with Crippen molar-refractivity contribution in [2.75, 3.05) is 13.7 Å². The highest BCUT2D eigenvalue weighted by atomic mass is 35.5. The fourth-order valence-corrected chi connectivity index (χ4v) is 4.26. The SMILES string of the molecule is CCN(Cc1ccc(Cl)s1)C(=O)c1csc(-c2ccc(OC)cc2)n1. The van der Waals surface area contributed by atoms with E-state index in [2.05, 4.69) is 4.98 Å². The van der Waals surface area contributed by atoms with Crippen LogP contribution in [0.3, 0.4) is 0 Å². The maximum absolute atomic E-state index is 12.8. The van der Waals surface area contributed by atoms with Crippen molar-refractivity contribution in [1.29, 1.82) is 0 Å². The van der Waals surface area contributed by atoms with Gasteiger partial charge in [-0.1, -0.05) is 11.6 Å². The first-order chi connectivity index (χ1) is 12.1. The lowest BCUT2D eigenvalue weighted by atomic mass is 10.2. The summed E-state index contributed by atoms with van der Waals surface area (Å²) in [7, 11) is 1.63. The molecule has 0 fully saturated rings. The molecular weight excluding hydrogens is 376 g/mol. The van der Waals surface area contributed by atoms with E-state index in [4.69, 9.17) is 16.3 Å². The molecule has 0 spiro atoms. The van der Waals surface area contributed by atoms with Gasteiger partial charge in [-0.25, -0.2) is 4.98 Å². The minimum Gasteiger partial charge on any atom is -0.497 e. The summed E-state index contributed by atoms with van der Waals surface area (Å²) in [5, 5.41) is 2.63. The van der Waals surface area contributed by atoms with Gasteiger partial charge in [-0.05, 0) is 43.3 Å². The number of halogens is 1. The second-order valence-corrected chi connectivity index (χ2v) is 7.95. The Morgan fingerprint density at radius 3 is 2.60 bits per heavy atom. The highest BCUT2D eigenvalue weighted by Gasteiger charge is 2.19. The maximum atomic E-state index is 12.8. The molecule has 0 unspecified atom stereocenters. The quantitative estimate of drug-likeness (QED) is 0.579. The number of aromatic nitrogens is 1. The zero-order chi connectivity index (χ0) is 17.8. The second kappa shape index (κ2) is 7.99. The van der Waals surface area contributed by atoms with E-state index in [1.54, 1.807) is 12.0 Å². The first-order valence-electron chi connectivity index (χ1n) is 7.74. The Hall–Kier alpha value is -1.89. The number of hydrogen-bond donors (Lipinski definition) is 0. The molecule has 3 rings (SSSR count). The van der Waals surface area contributed by atoms with E-state index in [1.165, 1.54) is 22.7 Å². The Balaban J connectivity index is 1.76. The fourth-order valence-electron chi connectivity index (χ4n) is 2.35. The number of amides is 1. The summed E-state index contributed by atoms with van der Waals surface area (Å²) in [5.74, 6) is 0.728. The van der Waals surface area contributed by atoms with E-state index in [0.717, 1.165) is 25.5 Å².